The standard InChI is InChI=1S/C10H17N3/c1-9-12-5-6-13(9)8-10(7-11)3-2-4-10/h5-6H,2-4,7-8,11H2,1H3. The summed E-state index contributed by atoms with van der Waals surface area (Å²) >= 11 is 0. The van der Waals surface area contributed by atoms with Crippen LogP contribution in [-0.2, 0) is 6.54 Å². The highest BCUT2D eigenvalue weighted by atomic mass is 15.1. The number of rotatable bonds is 3. The van der Waals surface area contributed by atoms with Gasteiger partial charge in [0.25, 0.3) is 0 Å². The summed E-state index contributed by atoms with van der Waals surface area (Å²) in [5.74, 6) is 1.10. The van der Waals surface area contributed by atoms with E-state index in [4.69, 9.17) is 5.73 Å². The normalized spacial score (nSPS) is 19.8. The van der Waals surface area contributed by atoms with Gasteiger partial charge >= 0.3 is 0 Å². The van der Waals surface area contributed by atoms with Crippen molar-refractivity contribution in [3.8, 4) is 0 Å². The van der Waals surface area contributed by atoms with Gasteiger partial charge in [-0.3, -0.25) is 0 Å². The Morgan fingerprint density at radius 2 is 2.38 bits per heavy atom. The summed E-state index contributed by atoms with van der Waals surface area (Å²) in [6.45, 7) is 3.91. The van der Waals surface area contributed by atoms with Gasteiger partial charge in [0, 0.05) is 24.4 Å². The number of aromatic nitrogens is 2. The number of hydrogen-bond acceptors (Lipinski definition) is 2. The summed E-state index contributed by atoms with van der Waals surface area (Å²) in [5, 5.41) is 0. The van der Waals surface area contributed by atoms with Gasteiger partial charge in [0.2, 0.25) is 0 Å². The molecule has 0 bridgehead atoms. The Labute approximate surface area is 79.0 Å². The predicted molar refractivity (Wildman–Crippen MR) is 52.3 cm³/mol. The molecule has 1 heterocycles. The van der Waals surface area contributed by atoms with Gasteiger partial charge in [-0.1, -0.05) is 6.42 Å². The lowest BCUT2D eigenvalue weighted by atomic mass is 9.69. The van der Waals surface area contributed by atoms with Gasteiger partial charge in [-0.2, -0.15) is 0 Å². The van der Waals surface area contributed by atoms with Crippen molar-refractivity contribution in [2.24, 2.45) is 11.1 Å². The van der Waals surface area contributed by atoms with E-state index in [2.05, 4.69) is 9.55 Å². The van der Waals surface area contributed by atoms with E-state index < -0.39 is 0 Å². The molecule has 0 unspecified atom stereocenters. The first-order chi connectivity index (χ1) is 6.26. The number of hydrogen-bond donors (Lipinski definition) is 1. The molecule has 2 N–H and O–H groups in total. The van der Waals surface area contributed by atoms with E-state index in [-0.39, 0.29) is 0 Å². The van der Waals surface area contributed by atoms with Crippen LogP contribution in [0.3, 0.4) is 0 Å². The highest BCUT2D eigenvalue weighted by molar-refractivity contribution is 4.95. The van der Waals surface area contributed by atoms with Crippen LogP contribution in [0.5, 0.6) is 0 Å². The fourth-order valence-corrected chi connectivity index (χ4v) is 2.04. The van der Waals surface area contributed by atoms with Crippen LogP contribution in [0.15, 0.2) is 12.4 Å². The summed E-state index contributed by atoms with van der Waals surface area (Å²) in [4.78, 5) is 4.22. The second kappa shape index (κ2) is 3.14. The van der Waals surface area contributed by atoms with Crippen LogP contribution in [-0.4, -0.2) is 16.1 Å². The first-order valence-electron chi connectivity index (χ1n) is 4.94. The average molecular weight is 179 g/mol. The maximum absolute atomic E-state index is 5.80. The molecule has 3 heteroatoms. The molecule has 1 aliphatic rings. The highest BCUT2D eigenvalue weighted by Gasteiger charge is 2.35. The molecule has 0 saturated heterocycles. The molecular weight excluding hydrogens is 162 g/mol. The van der Waals surface area contributed by atoms with E-state index in [9.17, 15) is 0 Å². The molecule has 1 aromatic rings. The Morgan fingerprint density at radius 1 is 1.62 bits per heavy atom. The second-order valence-corrected chi connectivity index (χ2v) is 4.16. The second-order valence-electron chi connectivity index (χ2n) is 4.16. The van der Waals surface area contributed by atoms with Crippen LogP contribution in [0.1, 0.15) is 25.1 Å². The Hall–Kier alpha value is -0.830. The van der Waals surface area contributed by atoms with Gasteiger partial charge in [-0.05, 0) is 26.3 Å². The van der Waals surface area contributed by atoms with Crippen molar-refractivity contribution in [1.29, 1.82) is 0 Å². The van der Waals surface area contributed by atoms with Gasteiger partial charge in [-0.15, -0.1) is 0 Å². The first-order valence-corrected chi connectivity index (χ1v) is 4.94. The zero-order valence-corrected chi connectivity index (χ0v) is 8.16. The molecule has 0 aromatic carbocycles. The fourth-order valence-electron chi connectivity index (χ4n) is 2.04. The van der Waals surface area contributed by atoms with Crippen LogP contribution >= 0.6 is 0 Å². The quantitative estimate of drug-likeness (QED) is 0.760. The first kappa shape index (κ1) is 8.75. The number of nitrogens with zero attached hydrogens (tertiary/aromatic N) is 2. The SMILES string of the molecule is Cc1nccn1CC1(CN)CCC1. The lowest BCUT2D eigenvalue weighted by Gasteiger charge is -2.41. The largest absolute Gasteiger partial charge is 0.335 e. The van der Waals surface area contributed by atoms with Crippen molar-refractivity contribution < 1.29 is 0 Å². The molecule has 0 spiro atoms. The van der Waals surface area contributed by atoms with E-state index in [1.165, 1.54) is 19.3 Å². The zero-order valence-electron chi connectivity index (χ0n) is 8.16. The Morgan fingerprint density at radius 3 is 2.77 bits per heavy atom. The van der Waals surface area contributed by atoms with Gasteiger partial charge in [0.05, 0.1) is 0 Å². The number of aryl methyl sites for hydroxylation is 1. The van der Waals surface area contributed by atoms with E-state index in [1.807, 2.05) is 19.3 Å². The topological polar surface area (TPSA) is 43.8 Å². The Bertz CT molecular complexity index is 281. The minimum absolute atomic E-state index is 0.380. The third-order valence-electron chi connectivity index (χ3n) is 3.28. The van der Waals surface area contributed by atoms with Gasteiger partial charge in [0.15, 0.2) is 0 Å². The molecule has 0 atom stereocenters. The van der Waals surface area contributed by atoms with Crippen LogP contribution in [0.25, 0.3) is 0 Å². The van der Waals surface area contributed by atoms with Crippen molar-refractivity contribution in [3.63, 3.8) is 0 Å². The third-order valence-corrected chi connectivity index (χ3v) is 3.28. The molecule has 2 rings (SSSR count). The van der Waals surface area contributed by atoms with E-state index in [1.54, 1.807) is 0 Å². The third kappa shape index (κ3) is 1.48. The molecule has 1 fully saturated rings. The van der Waals surface area contributed by atoms with Gasteiger partial charge in [0.1, 0.15) is 5.82 Å². The summed E-state index contributed by atoms with van der Waals surface area (Å²) in [5.41, 5.74) is 6.18. The Balaban J connectivity index is 2.08. The van der Waals surface area contributed by atoms with Gasteiger partial charge < -0.3 is 10.3 Å². The molecular formula is C10H17N3. The molecule has 3 nitrogen and oxygen atoms in total. The molecule has 1 saturated carbocycles. The van der Waals surface area contributed by atoms with Crippen molar-refractivity contribution >= 4 is 0 Å². The summed E-state index contributed by atoms with van der Waals surface area (Å²) < 4.78 is 2.21. The maximum atomic E-state index is 5.80. The summed E-state index contributed by atoms with van der Waals surface area (Å²) in [7, 11) is 0. The van der Waals surface area contributed by atoms with Crippen molar-refractivity contribution in [2.75, 3.05) is 6.54 Å². The minimum atomic E-state index is 0.380. The fraction of sp³-hybridized carbons (Fsp3) is 0.700. The number of imidazole rings is 1. The molecule has 1 aliphatic carbocycles. The molecule has 1 aromatic heterocycles. The lowest BCUT2D eigenvalue weighted by molar-refractivity contribution is 0.116. The maximum Gasteiger partial charge on any atom is 0.105 e. The van der Waals surface area contributed by atoms with Crippen LogP contribution in [0, 0.1) is 12.3 Å². The van der Waals surface area contributed by atoms with Crippen molar-refractivity contribution in [3.05, 3.63) is 18.2 Å². The number of nitrogens with two attached hydrogens (primary N) is 1. The van der Waals surface area contributed by atoms with Crippen molar-refractivity contribution in [2.45, 2.75) is 32.7 Å². The van der Waals surface area contributed by atoms with Gasteiger partial charge in [-0.25, -0.2) is 4.98 Å². The minimum Gasteiger partial charge on any atom is -0.335 e. The zero-order chi connectivity index (χ0) is 9.31. The molecule has 13 heavy (non-hydrogen) atoms. The molecule has 0 aliphatic heterocycles. The van der Waals surface area contributed by atoms with E-state index in [0.717, 1.165) is 18.9 Å². The van der Waals surface area contributed by atoms with E-state index >= 15 is 0 Å². The lowest BCUT2D eigenvalue weighted by Crippen LogP contribution is -2.41. The predicted octanol–water partition coefficient (Wildman–Crippen LogP) is 1.32. The molecule has 0 amide bonds. The van der Waals surface area contributed by atoms with Crippen LogP contribution in [0.4, 0.5) is 0 Å². The average Bonchev–Trinajstić information content (AvgIpc) is 2.44. The highest BCUT2D eigenvalue weighted by Crippen LogP contribution is 2.41. The van der Waals surface area contributed by atoms with Crippen LogP contribution < -0.4 is 5.73 Å². The summed E-state index contributed by atoms with van der Waals surface area (Å²) in [6, 6.07) is 0. The summed E-state index contributed by atoms with van der Waals surface area (Å²) in [6.07, 6.45) is 7.80. The molecule has 72 valence electrons. The Kier molecular flexibility index (Phi) is 2.12. The van der Waals surface area contributed by atoms with Crippen molar-refractivity contribution in [1.82, 2.24) is 9.55 Å². The monoisotopic (exact) mass is 179 g/mol. The molecule has 0 radical (unpaired) electrons. The van der Waals surface area contributed by atoms with E-state index in [0.29, 0.717) is 5.41 Å². The smallest absolute Gasteiger partial charge is 0.105 e. The van der Waals surface area contributed by atoms with Crippen LogP contribution in [0.2, 0.25) is 0 Å².